The Balaban J connectivity index is 2.23. The fraction of sp³-hybridized carbons (Fsp3) is 0.667. The lowest BCUT2D eigenvalue weighted by atomic mass is 9.98. The van der Waals surface area contributed by atoms with Gasteiger partial charge in [0.15, 0.2) is 0 Å². The molecule has 4 heteroatoms. The average Bonchev–Trinajstić information content (AvgIpc) is 2.12. The second kappa shape index (κ2) is 2.05. The molecule has 0 bridgehead atoms. The summed E-state index contributed by atoms with van der Waals surface area (Å²) in [6, 6.07) is 0. The molecule has 1 aromatic heterocycles. The lowest BCUT2D eigenvalue weighted by Gasteiger charge is -2.25. The van der Waals surface area contributed by atoms with Crippen LogP contribution in [0.3, 0.4) is 0 Å². The molecule has 0 amide bonds. The Labute approximate surface area is 59.0 Å². The van der Waals surface area contributed by atoms with Gasteiger partial charge in [0.05, 0.1) is 11.4 Å². The monoisotopic (exact) mass is 138 g/mol. The SMILES string of the molecule is Cc1[nH]nnc1C1CNC1. The first kappa shape index (κ1) is 5.85. The van der Waals surface area contributed by atoms with Gasteiger partial charge in [-0.1, -0.05) is 5.21 Å². The molecule has 4 nitrogen and oxygen atoms in total. The van der Waals surface area contributed by atoms with E-state index in [-0.39, 0.29) is 0 Å². The molecule has 1 saturated heterocycles. The number of aromatic amines is 1. The van der Waals surface area contributed by atoms with E-state index >= 15 is 0 Å². The van der Waals surface area contributed by atoms with Crippen LogP contribution in [0.25, 0.3) is 0 Å². The van der Waals surface area contributed by atoms with Gasteiger partial charge in [0.1, 0.15) is 0 Å². The first-order valence-electron chi connectivity index (χ1n) is 3.46. The van der Waals surface area contributed by atoms with E-state index in [0.29, 0.717) is 5.92 Å². The second-order valence-electron chi connectivity index (χ2n) is 2.68. The molecule has 2 rings (SSSR count). The van der Waals surface area contributed by atoms with E-state index < -0.39 is 0 Å². The minimum Gasteiger partial charge on any atom is -0.315 e. The van der Waals surface area contributed by atoms with Gasteiger partial charge in [0.25, 0.3) is 0 Å². The quantitative estimate of drug-likeness (QED) is 0.565. The average molecular weight is 138 g/mol. The molecule has 1 aromatic rings. The molecule has 1 fully saturated rings. The highest BCUT2D eigenvalue weighted by atomic mass is 15.3. The third-order valence-corrected chi connectivity index (χ3v) is 1.93. The maximum atomic E-state index is 3.99. The number of nitrogens with zero attached hydrogens (tertiary/aromatic N) is 2. The third kappa shape index (κ3) is 0.724. The van der Waals surface area contributed by atoms with Gasteiger partial charge in [-0.2, -0.15) is 0 Å². The van der Waals surface area contributed by atoms with Crippen LogP contribution in [0.5, 0.6) is 0 Å². The smallest absolute Gasteiger partial charge is 0.0909 e. The highest BCUT2D eigenvalue weighted by molar-refractivity contribution is 5.15. The molecular formula is C6H10N4. The van der Waals surface area contributed by atoms with Gasteiger partial charge in [0, 0.05) is 19.0 Å². The van der Waals surface area contributed by atoms with Gasteiger partial charge in [-0.15, -0.1) is 5.10 Å². The zero-order valence-electron chi connectivity index (χ0n) is 5.89. The Morgan fingerprint density at radius 2 is 2.30 bits per heavy atom. The predicted molar refractivity (Wildman–Crippen MR) is 36.7 cm³/mol. The number of aromatic nitrogens is 3. The van der Waals surface area contributed by atoms with E-state index in [0.717, 1.165) is 24.5 Å². The van der Waals surface area contributed by atoms with Gasteiger partial charge < -0.3 is 5.32 Å². The summed E-state index contributed by atoms with van der Waals surface area (Å²) in [4.78, 5) is 0. The van der Waals surface area contributed by atoms with Crippen molar-refractivity contribution < 1.29 is 0 Å². The molecule has 2 heterocycles. The molecule has 0 atom stereocenters. The van der Waals surface area contributed by atoms with Crippen LogP contribution in [0.15, 0.2) is 0 Å². The van der Waals surface area contributed by atoms with Crippen molar-refractivity contribution in [3.63, 3.8) is 0 Å². The van der Waals surface area contributed by atoms with Crippen molar-refractivity contribution in [1.82, 2.24) is 20.7 Å². The highest BCUT2D eigenvalue weighted by Crippen LogP contribution is 2.18. The lowest BCUT2D eigenvalue weighted by molar-refractivity contribution is 0.438. The van der Waals surface area contributed by atoms with Crippen LogP contribution in [-0.4, -0.2) is 28.5 Å². The van der Waals surface area contributed by atoms with E-state index in [9.17, 15) is 0 Å². The van der Waals surface area contributed by atoms with Crippen molar-refractivity contribution in [2.45, 2.75) is 12.8 Å². The zero-order chi connectivity index (χ0) is 6.97. The molecule has 0 aromatic carbocycles. The van der Waals surface area contributed by atoms with Crippen LogP contribution in [-0.2, 0) is 0 Å². The van der Waals surface area contributed by atoms with Gasteiger partial charge in [0.2, 0.25) is 0 Å². The Morgan fingerprint density at radius 3 is 2.70 bits per heavy atom. The van der Waals surface area contributed by atoms with Crippen LogP contribution in [0, 0.1) is 6.92 Å². The molecule has 0 spiro atoms. The number of H-pyrrole nitrogens is 1. The number of hydrogen-bond acceptors (Lipinski definition) is 3. The summed E-state index contributed by atoms with van der Waals surface area (Å²) in [6.07, 6.45) is 0. The third-order valence-electron chi connectivity index (χ3n) is 1.93. The van der Waals surface area contributed by atoms with Crippen molar-refractivity contribution in [2.24, 2.45) is 0 Å². The molecule has 1 aliphatic rings. The Hall–Kier alpha value is -0.900. The first-order valence-corrected chi connectivity index (χ1v) is 3.46. The van der Waals surface area contributed by atoms with Gasteiger partial charge >= 0.3 is 0 Å². The van der Waals surface area contributed by atoms with Crippen LogP contribution < -0.4 is 5.32 Å². The van der Waals surface area contributed by atoms with Crippen LogP contribution in [0.4, 0.5) is 0 Å². The molecule has 2 N–H and O–H groups in total. The standard InChI is InChI=1S/C6H10N4/c1-4-6(9-10-8-4)5-2-7-3-5/h5,7H,2-3H2,1H3,(H,8,9,10). The lowest BCUT2D eigenvalue weighted by Crippen LogP contribution is -2.40. The first-order chi connectivity index (χ1) is 4.88. The Morgan fingerprint density at radius 1 is 1.50 bits per heavy atom. The fourth-order valence-corrected chi connectivity index (χ4v) is 1.16. The summed E-state index contributed by atoms with van der Waals surface area (Å²) in [5, 5.41) is 13.7. The molecule has 0 saturated carbocycles. The van der Waals surface area contributed by atoms with Crippen LogP contribution in [0.1, 0.15) is 17.3 Å². The second-order valence-corrected chi connectivity index (χ2v) is 2.68. The van der Waals surface area contributed by atoms with Gasteiger partial charge in [-0.25, -0.2) is 0 Å². The molecule has 0 unspecified atom stereocenters. The van der Waals surface area contributed by atoms with E-state index in [1.165, 1.54) is 0 Å². The predicted octanol–water partition coefficient (Wildman–Crippen LogP) is -0.200. The Bertz CT molecular complexity index is 225. The minimum absolute atomic E-state index is 0.596. The van der Waals surface area contributed by atoms with Crippen molar-refractivity contribution in [1.29, 1.82) is 0 Å². The zero-order valence-corrected chi connectivity index (χ0v) is 5.89. The molecule has 10 heavy (non-hydrogen) atoms. The number of hydrogen-bond donors (Lipinski definition) is 2. The topological polar surface area (TPSA) is 53.6 Å². The highest BCUT2D eigenvalue weighted by Gasteiger charge is 2.22. The van der Waals surface area contributed by atoms with Crippen molar-refractivity contribution in [3.8, 4) is 0 Å². The summed E-state index contributed by atoms with van der Waals surface area (Å²) in [6.45, 7) is 4.11. The van der Waals surface area contributed by atoms with Crippen molar-refractivity contribution in [3.05, 3.63) is 11.4 Å². The van der Waals surface area contributed by atoms with Crippen molar-refractivity contribution in [2.75, 3.05) is 13.1 Å². The largest absolute Gasteiger partial charge is 0.315 e. The maximum absolute atomic E-state index is 3.99. The normalized spacial score (nSPS) is 18.9. The minimum atomic E-state index is 0.596. The molecule has 0 aliphatic carbocycles. The Kier molecular flexibility index (Phi) is 1.20. The van der Waals surface area contributed by atoms with E-state index in [1.54, 1.807) is 0 Å². The van der Waals surface area contributed by atoms with E-state index in [1.807, 2.05) is 6.92 Å². The summed E-state index contributed by atoms with van der Waals surface area (Å²) >= 11 is 0. The number of aryl methyl sites for hydroxylation is 1. The van der Waals surface area contributed by atoms with Crippen LogP contribution in [0.2, 0.25) is 0 Å². The molecule has 54 valence electrons. The summed E-state index contributed by atoms with van der Waals surface area (Å²) < 4.78 is 0. The summed E-state index contributed by atoms with van der Waals surface area (Å²) in [7, 11) is 0. The summed E-state index contributed by atoms with van der Waals surface area (Å²) in [5.74, 6) is 0.596. The van der Waals surface area contributed by atoms with Gasteiger partial charge in [-0.05, 0) is 6.92 Å². The maximum Gasteiger partial charge on any atom is 0.0909 e. The number of rotatable bonds is 1. The number of nitrogens with one attached hydrogen (secondary N) is 2. The fourth-order valence-electron chi connectivity index (χ4n) is 1.16. The van der Waals surface area contributed by atoms with Crippen molar-refractivity contribution >= 4 is 0 Å². The molecular weight excluding hydrogens is 128 g/mol. The van der Waals surface area contributed by atoms with Crippen LogP contribution >= 0.6 is 0 Å². The van der Waals surface area contributed by atoms with E-state index in [2.05, 4.69) is 20.7 Å². The van der Waals surface area contributed by atoms with Gasteiger partial charge in [-0.3, -0.25) is 5.10 Å². The summed E-state index contributed by atoms with van der Waals surface area (Å²) in [5.41, 5.74) is 2.23. The molecule has 1 aliphatic heterocycles. The van der Waals surface area contributed by atoms with E-state index in [4.69, 9.17) is 0 Å². The molecule has 0 radical (unpaired) electrons.